The number of halogens is 2. The molecule has 2 aromatic rings. The van der Waals surface area contributed by atoms with E-state index in [2.05, 4.69) is 20.9 Å². The van der Waals surface area contributed by atoms with E-state index in [-0.39, 0.29) is 11.7 Å². The van der Waals surface area contributed by atoms with Crippen LogP contribution < -0.4 is 4.90 Å². The molecule has 0 saturated carbocycles. The average molecular weight is 323 g/mol. The molecule has 0 N–H and O–H groups in total. The second-order valence-corrected chi connectivity index (χ2v) is 4.68. The Balaban J connectivity index is 2.31. The molecule has 3 nitrogen and oxygen atoms in total. The van der Waals surface area contributed by atoms with Gasteiger partial charge in [0.2, 0.25) is 0 Å². The smallest absolute Gasteiger partial charge is 0.276 e. The van der Waals surface area contributed by atoms with Gasteiger partial charge in [-0.25, -0.2) is 9.37 Å². The van der Waals surface area contributed by atoms with Crippen LogP contribution in [0, 0.1) is 5.82 Å². The van der Waals surface area contributed by atoms with Crippen LogP contribution in [0.25, 0.3) is 0 Å². The predicted molar refractivity (Wildman–Crippen MR) is 75.7 cm³/mol. The van der Waals surface area contributed by atoms with Crippen molar-refractivity contribution in [2.45, 2.75) is 6.92 Å². The maximum absolute atomic E-state index is 12.9. The number of amides is 1. The standard InChI is InChI=1S/C14H12BrFN2O/c1-2-18(11-8-6-10(16)7-9-11)14(19)12-4-3-5-13(15)17-12/h3-9H,2H2,1H3. The Morgan fingerprint density at radius 3 is 2.53 bits per heavy atom. The number of aromatic nitrogens is 1. The van der Waals surface area contributed by atoms with Gasteiger partial charge >= 0.3 is 0 Å². The van der Waals surface area contributed by atoms with E-state index in [0.717, 1.165) is 0 Å². The fourth-order valence-corrected chi connectivity index (χ4v) is 2.07. The quantitative estimate of drug-likeness (QED) is 0.808. The van der Waals surface area contributed by atoms with E-state index >= 15 is 0 Å². The van der Waals surface area contributed by atoms with Gasteiger partial charge < -0.3 is 4.90 Å². The van der Waals surface area contributed by atoms with Gasteiger partial charge in [0.1, 0.15) is 16.1 Å². The first-order valence-electron chi connectivity index (χ1n) is 5.82. The number of carbonyl (C=O) groups is 1. The lowest BCUT2D eigenvalue weighted by Crippen LogP contribution is -2.31. The third-order valence-electron chi connectivity index (χ3n) is 2.63. The van der Waals surface area contributed by atoms with Crippen LogP contribution in [0.5, 0.6) is 0 Å². The van der Waals surface area contributed by atoms with Crippen molar-refractivity contribution >= 4 is 27.5 Å². The number of anilines is 1. The third-order valence-corrected chi connectivity index (χ3v) is 3.08. The number of hydrogen-bond donors (Lipinski definition) is 0. The summed E-state index contributed by atoms with van der Waals surface area (Å²) in [6.45, 7) is 2.35. The Morgan fingerprint density at radius 2 is 1.95 bits per heavy atom. The predicted octanol–water partition coefficient (Wildman–Crippen LogP) is 3.65. The van der Waals surface area contributed by atoms with Gasteiger partial charge in [-0.1, -0.05) is 6.07 Å². The summed E-state index contributed by atoms with van der Waals surface area (Å²) in [5, 5.41) is 0. The summed E-state index contributed by atoms with van der Waals surface area (Å²) in [6, 6.07) is 11.0. The summed E-state index contributed by atoms with van der Waals surface area (Å²) >= 11 is 3.24. The maximum Gasteiger partial charge on any atom is 0.276 e. The molecule has 1 aromatic heterocycles. The highest BCUT2D eigenvalue weighted by Crippen LogP contribution is 2.17. The van der Waals surface area contributed by atoms with E-state index in [1.807, 2.05) is 6.92 Å². The molecule has 1 heterocycles. The van der Waals surface area contributed by atoms with Crippen molar-refractivity contribution in [3.63, 3.8) is 0 Å². The number of benzene rings is 1. The second kappa shape index (κ2) is 5.93. The number of carbonyl (C=O) groups excluding carboxylic acids is 1. The van der Waals surface area contributed by atoms with Crippen LogP contribution in [0.2, 0.25) is 0 Å². The minimum absolute atomic E-state index is 0.213. The third kappa shape index (κ3) is 3.17. The molecule has 0 aliphatic rings. The van der Waals surface area contributed by atoms with Gasteiger partial charge in [-0.05, 0) is 59.3 Å². The summed E-state index contributed by atoms with van der Waals surface area (Å²) in [7, 11) is 0. The first-order chi connectivity index (χ1) is 9.11. The number of hydrogen-bond acceptors (Lipinski definition) is 2. The van der Waals surface area contributed by atoms with Crippen LogP contribution in [0.1, 0.15) is 17.4 Å². The summed E-state index contributed by atoms with van der Waals surface area (Å²) in [5.41, 5.74) is 0.997. The Bertz CT molecular complexity index is 586. The topological polar surface area (TPSA) is 33.2 Å². The van der Waals surface area contributed by atoms with Crippen LogP contribution in [0.4, 0.5) is 10.1 Å². The van der Waals surface area contributed by atoms with Crippen molar-refractivity contribution < 1.29 is 9.18 Å². The van der Waals surface area contributed by atoms with Gasteiger partial charge in [-0.2, -0.15) is 0 Å². The number of rotatable bonds is 3. The second-order valence-electron chi connectivity index (χ2n) is 3.87. The van der Waals surface area contributed by atoms with E-state index in [1.165, 1.54) is 12.1 Å². The van der Waals surface area contributed by atoms with E-state index in [1.54, 1.807) is 35.2 Å². The van der Waals surface area contributed by atoms with Crippen molar-refractivity contribution in [1.29, 1.82) is 0 Å². The minimum Gasteiger partial charge on any atom is -0.307 e. The van der Waals surface area contributed by atoms with Crippen LogP contribution in [-0.2, 0) is 0 Å². The maximum atomic E-state index is 12.9. The average Bonchev–Trinajstić information content (AvgIpc) is 2.41. The zero-order valence-electron chi connectivity index (χ0n) is 10.3. The minimum atomic E-state index is -0.326. The van der Waals surface area contributed by atoms with Crippen molar-refractivity contribution in [3.05, 3.63) is 58.6 Å². The zero-order valence-corrected chi connectivity index (χ0v) is 11.9. The fourth-order valence-electron chi connectivity index (χ4n) is 1.73. The number of nitrogens with zero attached hydrogens (tertiary/aromatic N) is 2. The Kier molecular flexibility index (Phi) is 4.27. The Labute approximate surface area is 119 Å². The van der Waals surface area contributed by atoms with Gasteiger partial charge in [0.25, 0.3) is 5.91 Å². The first kappa shape index (κ1) is 13.7. The van der Waals surface area contributed by atoms with Gasteiger partial charge in [0.15, 0.2) is 0 Å². The van der Waals surface area contributed by atoms with Crippen molar-refractivity contribution in [2.24, 2.45) is 0 Å². The van der Waals surface area contributed by atoms with Crippen molar-refractivity contribution in [3.8, 4) is 0 Å². The van der Waals surface area contributed by atoms with Crippen molar-refractivity contribution in [2.75, 3.05) is 11.4 Å². The molecule has 0 fully saturated rings. The van der Waals surface area contributed by atoms with E-state index < -0.39 is 0 Å². The summed E-state index contributed by atoms with van der Waals surface area (Å²) in [4.78, 5) is 18.0. The molecule has 0 radical (unpaired) electrons. The Hall–Kier alpha value is -1.75. The molecule has 0 aliphatic heterocycles. The highest BCUT2D eigenvalue weighted by atomic mass is 79.9. The molecule has 0 atom stereocenters. The molecule has 19 heavy (non-hydrogen) atoms. The molecular weight excluding hydrogens is 311 g/mol. The lowest BCUT2D eigenvalue weighted by Gasteiger charge is -2.20. The van der Waals surface area contributed by atoms with E-state index in [0.29, 0.717) is 22.5 Å². The molecule has 98 valence electrons. The molecule has 0 saturated heterocycles. The molecular formula is C14H12BrFN2O. The monoisotopic (exact) mass is 322 g/mol. The molecule has 5 heteroatoms. The van der Waals surface area contributed by atoms with Gasteiger partial charge in [-0.3, -0.25) is 4.79 Å². The normalized spacial score (nSPS) is 10.3. The molecule has 0 bridgehead atoms. The van der Waals surface area contributed by atoms with Crippen LogP contribution >= 0.6 is 15.9 Å². The Morgan fingerprint density at radius 1 is 1.26 bits per heavy atom. The molecule has 2 rings (SSSR count). The van der Waals surface area contributed by atoms with E-state index in [4.69, 9.17) is 0 Å². The summed E-state index contributed by atoms with van der Waals surface area (Å²) in [5.74, 6) is -0.539. The van der Waals surface area contributed by atoms with Crippen molar-refractivity contribution in [1.82, 2.24) is 4.98 Å². The first-order valence-corrected chi connectivity index (χ1v) is 6.61. The number of pyridine rings is 1. The van der Waals surface area contributed by atoms with Gasteiger partial charge in [-0.15, -0.1) is 0 Å². The van der Waals surface area contributed by atoms with Crippen LogP contribution in [0.15, 0.2) is 47.1 Å². The fraction of sp³-hybridized carbons (Fsp3) is 0.143. The molecule has 0 spiro atoms. The van der Waals surface area contributed by atoms with Crippen LogP contribution in [0.3, 0.4) is 0 Å². The highest BCUT2D eigenvalue weighted by Gasteiger charge is 2.17. The SMILES string of the molecule is CCN(C(=O)c1cccc(Br)n1)c1ccc(F)cc1. The summed E-state index contributed by atoms with van der Waals surface area (Å²) < 4.78 is 13.5. The van der Waals surface area contributed by atoms with E-state index in [9.17, 15) is 9.18 Å². The lowest BCUT2D eigenvalue weighted by atomic mass is 10.2. The molecule has 0 unspecified atom stereocenters. The molecule has 1 amide bonds. The molecule has 0 aliphatic carbocycles. The summed E-state index contributed by atoms with van der Waals surface area (Å²) in [6.07, 6.45) is 0. The van der Waals surface area contributed by atoms with Crippen LogP contribution in [-0.4, -0.2) is 17.4 Å². The largest absolute Gasteiger partial charge is 0.307 e. The molecule has 1 aromatic carbocycles. The lowest BCUT2D eigenvalue weighted by molar-refractivity contribution is 0.0983. The van der Waals surface area contributed by atoms with Gasteiger partial charge in [0, 0.05) is 12.2 Å². The van der Waals surface area contributed by atoms with Gasteiger partial charge in [0.05, 0.1) is 0 Å². The zero-order chi connectivity index (χ0) is 13.8. The highest BCUT2D eigenvalue weighted by molar-refractivity contribution is 9.10.